The molecule has 1 atom stereocenters. The number of rotatable bonds is 11. The Kier molecular flexibility index (Phi) is 8.91. The molecule has 1 amide bonds. The van der Waals surface area contributed by atoms with Crippen molar-refractivity contribution in [1.29, 1.82) is 0 Å². The van der Waals surface area contributed by atoms with E-state index < -0.39 is 10.8 Å². The van der Waals surface area contributed by atoms with Crippen LogP contribution in [0.4, 0.5) is 5.13 Å². The lowest BCUT2D eigenvalue weighted by molar-refractivity contribution is 0.102. The van der Waals surface area contributed by atoms with Crippen molar-refractivity contribution in [3.63, 3.8) is 0 Å². The minimum absolute atomic E-state index is 0.212. The van der Waals surface area contributed by atoms with Crippen molar-refractivity contribution in [2.24, 2.45) is 0 Å². The van der Waals surface area contributed by atoms with E-state index in [1.54, 1.807) is 24.5 Å². The minimum atomic E-state index is -0.931. The number of carbonyl (C=O) groups excluding carboxylic acids is 1. The first-order valence-corrected chi connectivity index (χ1v) is 11.7. The Morgan fingerprint density at radius 2 is 1.92 bits per heavy atom. The first kappa shape index (κ1) is 20.7. The molecule has 0 saturated heterocycles. The van der Waals surface area contributed by atoms with Crippen molar-refractivity contribution in [3.8, 4) is 0 Å². The van der Waals surface area contributed by atoms with E-state index in [0.717, 1.165) is 23.4 Å². The quantitative estimate of drug-likeness (QED) is 0.568. The van der Waals surface area contributed by atoms with Crippen molar-refractivity contribution >= 4 is 33.2 Å². The zero-order valence-corrected chi connectivity index (χ0v) is 17.1. The molecule has 1 aromatic carbocycles. The molecule has 0 radical (unpaired) electrons. The molecule has 0 saturated carbocycles. The van der Waals surface area contributed by atoms with E-state index in [0.29, 0.717) is 16.4 Å². The molecular weight excluding hydrogens is 366 g/mol. The van der Waals surface area contributed by atoms with Gasteiger partial charge in [-0.1, -0.05) is 62.5 Å². The van der Waals surface area contributed by atoms with Gasteiger partial charge in [0.25, 0.3) is 5.91 Å². The number of hydrogen-bond acceptors (Lipinski definition) is 5. The zero-order valence-electron chi connectivity index (χ0n) is 15.5. The highest BCUT2D eigenvalue weighted by atomic mass is 32.2. The smallest absolute Gasteiger partial charge is 0.257 e. The molecule has 0 fully saturated rings. The number of anilines is 1. The highest BCUT2D eigenvalue weighted by molar-refractivity contribution is 7.83. The van der Waals surface area contributed by atoms with Crippen LogP contribution in [0, 0.1) is 0 Å². The van der Waals surface area contributed by atoms with Gasteiger partial charge in [0.05, 0.1) is 0 Å². The number of aromatic nitrogens is 2. The maximum atomic E-state index is 12.4. The predicted octanol–water partition coefficient (Wildman–Crippen LogP) is 4.57. The lowest BCUT2D eigenvalue weighted by Gasteiger charge is -2.04. The van der Waals surface area contributed by atoms with Crippen molar-refractivity contribution < 1.29 is 9.00 Å². The van der Waals surface area contributed by atoms with E-state index in [-0.39, 0.29) is 5.91 Å². The van der Waals surface area contributed by atoms with E-state index in [1.165, 1.54) is 43.4 Å². The molecule has 1 unspecified atom stereocenters. The zero-order chi connectivity index (χ0) is 18.8. The summed E-state index contributed by atoms with van der Waals surface area (Å²) in [6, 6.07) is 7.20. The van der Waals surface area contributed by atoms with Crippen LogP contribution < -0.4 is 5.32 Å². The van der Waals surface area contributed by atoms with Gasteiger partial charge in [-0.15, -0.1) is 10.2 Å². The van der Waals surface area contributed by atoms with Gasteiger partial charge in [-0.2, -0.15) is 0 Å². The van der Waals surface area contributed by atoms with Gasteiger partial charge in [0.1, 0.15) is 5.01 Å². The van der Waals surface area contributed by atoms with E-state index >= 15 is 0 Å². The topological polar surface area (TPSA) is 72.0 Å². The summed E-state index contributed by atoms with van der Waals surface area (Å²) in [5.41, 5.74) is 1.43. The van der Waals surface area contributed by atoms with Crippen LogP contribution in [0.15, 0.2) is 24.3 Å². The Morgan fingerprint density at radius 1 is 1.15 bits per heavy atom. The predicted molar refractivity (Wildman–Crippen MR) is 109 cm³/mol. The molecule has 2 rings (SSSR count). The third-order valence-corrected chi connectivity index (χ3v) is 5.63. The molecule has 0 aliphatic carbocycles. The fraction of sp³-hybridized carbons (Fsp3) is 0.526. The molecule has 5 nitrogen and oxygen atoms in total. The Bertz CT molecular complexity index is 731. The van der Waals surface area contributed by atoms with Gasteiger partial charge in [-0.3, -0.25) is 14.3 Å². The third kappa shape index (κ3) is 7.33. The lowest BCUT2D eigenvalue weighted by atomic mass is 10.1. The van der Waals surface area contributed by atoms with Gasteiger partial charge in [-0.05, 0) is 24.1 Å². The first-order chi connectivity index (χ1) is 12.6. The standard InChI is InChI=1S/C19H27N3O2S2/c1-3-4-5-6-7-8-12-17-21-22-19(25-17)20-18(23)16-11-9-10-15(13-16)14-26(2)24/h9-11,13H,3-8,12,14H2,1-2H3,(H,20,22,23). The summed E-state index contributed by atoms with van der Waals surface area (Å²) in [4.78, 5) is 12.4. The van der Waals surface area contributed by atoms with Gasteiger partial charge >= 0.3 is 0 Å². The number of nitrogens with one attached hydrogen (secondary N) is 1. The Hall–Kier alpha value is -1.60. The molecule has 1 heterocycles. The first-order valence-electron chi connectivity index (χ1n) is 9.11. The molecule has 0 aliphatic rings. The second kappa shape index (κ2) is 11.2. The van der Waals surface area contributed by atoms with E-state index in [4.69, 9.17) is 0 Å². The van der Waals surface area contributed by atoms with Crippen molar-refractivity contribution in [3.05, 3.63) is 40.4 Å². The van der Waals surface area contributed by atoms with Gasteiger partial charge < -0.3 is 0 Å². The normalized spacial score (nSPS) is 12.1. The molecule has 1 N–H and O–H groups in total. The van der Waals surface area contributed by atoms with Crippen LogP contribution in [0.1, 0.15) is 66.4 Å². The highest BCUT2D eigenvalue weighted by Gasteiger charge is 2.11. The number of benzene rings is 1. The molecular formula is C19H27N3O2S2. The van der Waals surface area contributed by atoms with Crippen LogP contribution in [-0.2, 0) is 23.0 Å². The maximum absolute atomic E-state index is 12.4. The summed E-state index contributed by atoms with van der Waals surface area (Å²) >= 11 is 1.44. The van der Waals surface area contributed by atoms with Crippen LogP contribution in [0.2, 0.25) is 0 Å². The van der Waals surface area contributed by atoms with Crippen LogP contribution in [0.5, 0.6) is 0 Å². The van der Waals surface area contributed by atoms with Gasteiger partial charge in [0, 0.05) is 34.8 Å². The molecule has 142 valence electrons. The summed E-state index contributed by atoms with van der Waals surface area (Å²) in [5, 5.41) is 12.5. The maximum Gasteiger partial charge on any atom is 0.257 e. The van der Waals surface area contributed by atoms with Crippen molar-refractivity contribution in [2.75, 3.05) is 11.6 Å². The van der Waals surface area contributed by atoms with E-state index in [1.807, 2.05) is 6.07 Å². The fourth-order valence-electron chi connectivity index (χ4n) is 2.67. The average molecular weight is 394 g/mol. The number of hydrogen-bond donors (Lipinski definition) is 1. The molecule has 0 aliphatic heterocycles. The largest absolute Gasteiger partial charge is 0.296 e. The van der Waals surface area contributed by atoms with Crippen molar-refractivity contribution in [2.45, 2.75) is 57.6 Å². The second-order valence-corrected chi connectivity index (χ2v) is 8.89. The number of amides is 1. The fourth-order valence-corrected chi connectivity index (χ4v) is 4.09. The summed E-state index contributed by atoms with van der Waals surface area (Å²) in [6.45, 7) is 2.22. The van der Waals surface area contributed by atoms with Crippen LogP contribution in [0.3, 0.4) is 0 Å². The summed E-state index contributed by atoms with van der Waals surface area (Å²) < 4.78 is 11.3. The van der Waals surface area contributed by atoms with E-state index in [9.17, 15) is 9.00 Å². The van der Waals surface area contributed by atoms with Crippen molar-refractivity contribution in [1.82, 2.24) is 10.2 Å². The number of nitrogens with zero attached hydrogens (tertiary/aromatic N) is 2. The molecule has 2 aromatic rings. The van der Waals surface area contributed by atoms with Crippen LogP contribution in [-0.4, -0.2) is 26.6 Å². The molecule has 0 spiro atoms. The second-order valence-electron chi connectivity index (χ2n) is 6.39. The van der Waals surface area contributed by atoms with Gasteiger partial charge in [0.15, 0.2) is 0 Å². The minimum Gasteiger partial charge on any atom is -0.296 e. The molecule has 0 bridgehead atoms. The SMILES string of the molecule is CCCCCCCCc1nnc(NC(=O)c2cccc(CS(C)=O)c2)s1. The number of aryl methyl sites for hydroxylation is 1. The van der Waals surface area contributed by atoms with Crippen LogP contribution in [0.25, 0.3) is 0 Å². The molecule has 7 heteroatoms. The third-order valence-electron chi connectivity index (χ3n) is 3.99. The lowest BCUT2D eigenvalue weighted by Crippen LogP contribution is -2.12. The van der Waals surface area contributed by atoms with Gasteiger partial charge in [0.2, 0.25) is 5.13 Å². The number of unbranched alkanes of at least 4 members (excludes halogenated alkanes) is 5. The summed E-state index contributed by atoms with van der Waals surface area (Å²) in [6.07, 6.45) is 10.0. The van der Waals surface area contributed by atoms with Gasteiger partial charge in [-0.25, -0.2) is 0 Å². The highest BCUT2D eigenvalue weighted by Crippen LogP contribution is 2.19. The molecule has 26 heavy (non-hydrogen) atoms. The summed E-state index contributed by atoms with van der Waals surface area (Å²) in [7, 11) is -0.931. The Labute approximate surface area is 162 Å². The molecule has 1 aromatic heterocycles. The Morgan fingerprint density at radius 3 is 2.69 bits per heavy atom. The van der Waals surface area contributed by atoms with E-state index in [2.05, 4.69) is 22.4 Å². The average Bonchev–Trinajstić information content (AvgIpc) is 3.05. The van der Waals surface area contributed by atoms with Crippen LogP contribution >= 0.6 is 11.3 Å². The Balaban J connectivity index is 1.82. The monoisotopic (exact) mass is 393 g/mol. The number of carbonyl (C=O) groups is 1. The summed E-state index contributed by atoms with van der Waals surface area (Å²) in [5.74, 6) is 0.235.